The van der Waals surface area contributed by atoms with Crippen LogP contribution in [0.15, 0.2) is 47.3 Å². The highest BCUT2D eigenvalue weighted by Crippen LogP contribution is 2.29. The predicted octanol–water partition coefficient (Wildman–Crippen LogP) is 1.55. The molecule has 1 heterocycles. The largest absolute Gasteiger partial charge is 0.493 e. The van der Waals surface area contributed by atoms with Gasteiger partial charge < -0.3 is 19.4 Å². The van der Waals surface area contributed by atoms with Gasteiger partial charge in [0.2, 0.25) is 0 Å². The maximum atomic E-state index is 12.5. The highest BCUT2D eigenvalue weighted by atomic mass is 16.5. The smallest absolute Gasteiger partial charge is 0.259 e. The summed E-state index contributed by atoms with van der Waals surface area (Å²) in [5, 5.41) is 0.493. The van der Waals surface area contributed by atoms with Crippen LogP contribution in [-0.2, 0) is 13.1 Å². The number of methoxy groups -OCH3 is 2. The van der Waals surface area contributed by atoms with Gasteiger partial charge >= 0.3 is 0 Å². The van der Waals surface area contributed by atoms with E-state index in [2.05, 4.69) is 29.0 Å². The number of H-pyrrole nitrogens is 1. The molecule has 0 fully saturated rings. The lowest BCUT2D eigenvalue weighted by molar-refractivity contribution is -0.926. The van der Waals surface area contributed by atoms with Crippen LogP contribution in [0, 0.1) is 0 Å². The number of quaternary nitrogens is 1. The zero-order valence-corrected chi connectivity index (χ0v) is 15.3. The van der Waals surface area contributed by atoms with Crippen LogP contribution in [0.4, 0.5) is 0 Å². The molecule has 0 aliphatic heterocycles. The fourth-order valence-electron chi connectivity index (χ4n) is 3.03. The molecular weight excluding hydrogens is 330 g/mol. The lowest BCUT2D eigenvalue weighted by atomic mass is 10.2. The van der Waals surface area contributed by atoms with Crippen molar-refractivity contribution in [1.82, 2.24) is 9.97 Å². The number of nitrogens with zero attached hydrogens (tertiary/aromatic N) is 1. The summed E-state index contributed by atoms with van der Waals surface area (Å²) >= 11 is 0. The van der Waals surface area contributed by atoms with Crippen molar-refractivity contribution in [2.75, 3.05) is 20.8 Å². The number of hydrogen-bond donors (Lipinski definition) is 2. The Morgan fingerprint density at radius 1 is 1.04 bits per heavy atom. The van der Waals surface area contributed by atoms with E-state index in [1.165, 1.54) is 10.5 Å². The van der Waals surface area contributed by atoms with Crippen molar-refractivity contribution in [1.29, 1.82) is 0 Å². The Morgan fingerprint density at radius 3 is 2.38 bits per heavy atom. The molecule has 0 saturated carbocycles. The summed E-state index contributed by atoms with van der Waals surface area (Å²) in [6.45, 7) is 4.59. The Labute approximate surface area is 152 Å². The molecule has 1 atom stereocenters. The molecule has 0 radical (unpaired) electrons. The van der Waals surface area contributed by atoms with Gasteiger partial charge in [-0.15, -0.1) is 0 Å². The Kier molecular flexibility index (Phi) is 5.53. The molecule has 6 nitrogen and oxygen atoms in total. The highest BCUT2D eigenvalue weighted by molar-refractivity contribution is 5.81. The van der Waals surface area contributed by atoms with Crippen molar-refractivity contribution in [2.24, 2.45) is 0 Å². The zero-order valence-electron chi connectivity index (χ0n) is 15.3. The Hall–Kier alpha value is -2.86. The molecule has 136 valence electrons. The number of ether oxygens (including phenoxy) is 2. The van der Waals surface area contributed by atoms with Gasteiger partial charge in [-0.3, -0.25) is 4.79 Å². The van der Waals surface area contributed by atoms with Gasteiger partial charge in [0.1, 0.15) is 13.1 Å². The summed E-state index contributed by atoms with van der Waals surface area (Å²) in [4.78, 5) is 21.4. The third-order valence-corrected chi connectivity index (χ3v) is 4.47. The van der Waals surface area contributed by atoms with Crippen molar-refractivity contribution in [3.05, 3.63) is 64.2 Å². The van der Waals surface area contributed by atoms with Gasteiger partial charge in [-0.25, -0.2) is 4.98 Å². The van der Waals surface area contributed by atoms with Gasteiger partial charge in [-0.2, -0.15) is 0 Å². The molecule has 0 aliphatic carbocycles. The van der Waals surface area contributed by atoms with Crippen molar-refractivity contribution < 1.29 is 14.4 Å². The van der Waals surface area contributed by atoms with E-state index < -0.39 is 0 Å². The lowest BCUT2D eigenvalue weighted by Gasteiger charge is -2.17. The zero-order chi connectivity index (χ0) is 18.5. The summed E-state index contributed by atoms with van der Waals surface area (Å²) in [7, 11) is 3.12. The van der Waals surface area contributed by atoms with Crippen molar-refractivity contribution in [3.63, 3.8) is 0 Å². The van der Waals surface area contributed by atoms with Crippen molar-refractivity contribution in [3.8, 4) is 11.5 Å². The van der Waals surface area contributed by atoms with Gasteiger partial charge in [0.05, 0.1) is 31.7 Å². The SMILES string of the molecule is CC[NH+](Cc1ccccc1)Cc1nc2cc(OC)c(OC)cc2c(=O)[nH]1. The normalized spacial score (nSPS) is 12.1. The summed E-state index contributed by atoms with van der Waals surface area (Å²) < 4.78 is 10.6. The molecule has 2 aromatic carbocycles. The molecule has 0 aliphatic rings. The molecule has 0 bridgehead atoms. The fourth-order valence-corrected chi connectivity index (χ4v) is 3.03. The summed E-state index contributed by atoms with van der Waals surface area (Å²) in [6, 6.07) is 13.7. The molecule has 26 heavy (non-hydrogen) atoms. The Morgan fingerprint density at radius 2 is 1.73 bits per heavy atom. The van der Waals surface area contributed by atoms with Crippen LogP contribution in [0.1, 0.15) is 18.3 Å². The molecule has 6 heteroatoms. The first kappa shape index (κ1) is 17.9. The van der Waals surface area contributed by atoms with Gasteiger partial charge in [0, 0.05) is 11.6 Å². The molecule has 1 aromatic heterocycles. The van der Waals surface area contributed by atoms with Crippen LogP contribution >= 0.6 is 0 Å². The molecule has 1 unspecified atom stereocenters. The summed E-state index contributed by atoms with van der Waals surface area (Å²) in [5.74, 6) is 1.75. The second kappa shape index (κ2) is 8.01. The molecule has 3 rings (SSSR count). The number of nitrogens with one attached hydrogen (secondary N) is 2. The van der Waals surface area contributed by atoms with E-state index in [-0.39, 0.29) is 5.56 Å². The first-order valence-corrected chi connectivity index (χ1v) is 8.67. The van der Waals surface area contributed by atoms with Crippen LogP contribution in [0.25, 0.3) is 10.9 Å². The van der Waals surface area contributed by atoms with Crippen molar-refractivity contribution >= 4 is 10.9 Å². The fraction of sp³-hybridized carbons (Fsp3) is 0.300. The van der Waals surface area contributed by atoms with E-state index in [0.717, 1.165) is 13.1 Å². The van der Waals surface area contributed by atoms with Gasteiger partial charge in [-0.1, -0.05) is 30.3 Å². The van der Waals surface area contributed by atoms with E-state index in [0.29, 0.717) is 34.8 Å². The molecular formula is C20H24N3O3+. The monoisotopic (exact) mass is 354 g/mol. The summed E-state index contributed by atoms with van der Waals surface area (Å²) in [6.07, 6.45) is 0. The van der Waals surface area contributed by atoms with Gasteiger partial charge in [0.15, 0.2) is 17.3 Å². The molecule has 0 saturated heterocycles. The molecule has 2 N–H and O–H groups in total. The number of fused-ring (bicyclic) bond motifs is 1. The number of hydrogen-bond acceptors (Lipinski definition) is 4. The Balaban J connectivity index is 1.91. The van der Waals surface area contributed by atoms with E-state index in [1.807, 2.05) is 18.2 Å². The number of benzene rings is 2. The second-order valence-corrected chi connectivity index (χ2v) is 6.18. The van der Waals surface area contributed by atoms with Crippen LogP contribution in [0.3, 0.4) is 0 Å². The van der Waals surface area contributed by atoms with E-state index >= 15 is 0 Å². The van der Waals surface area contributed by atoms with Gasteiger partial charge in [0.25, 0.3) is 5.56 Å². The third-order valence-electron chi connectivity index (χ3n) is 4.47. The van der Waals surface area contributed by atoms with E-state index in [4.69, 9.17) is 9.47 Å². The van der Waals surface area contributed by atoms with Crippen LogP contribution in [0.2, 0.25) is 0 Å². The lowest BCUT2D eigenvalue weighted by Crippen LogP contribution is -3.09. The molecule has 0 spiro atoms. The number of aromatic amines is 1. The second-order valence-electron chi connectivity index (χ2n) is 6.18. The maximum Gasteiger partial charge on any atom is 0.259 e. The average molecular weight is 354 g/mol. The molecule has 3 aromatic rings. The Bertz CT molecular complexity index is 938. The summed E-state index contributed by atoms with van der Waals surface area (Å²) in [5.41, 5.74) is 1.71. The minimum Gasteiger partial charge on any atom is -0.493 e. The predicted molar refractivity (Wildman–Crippen MR) is 101 cm³/mol. The van der Waals surface area contributed by atoms with Gasteiger partial charge in [-0.05, 0) is 13.0 Å². The topological polar surface area (TPSA) is 68.7 Å². The van der Waals surface area contributed by atoms with E-state index in [1.54, 1.807) is 26.4 Å². The number of rotatable bonds is 7. The van der Waals surface area contributed by atoms with Crippen LogP contribution < -0.4 is 19.9 Å². The first-order valence-electron chi connectivity index (χ1n) is 8.67. The van der Waals surface area contributed by atoms with Crippen molar-refractivity contribution in [2.45, 2.75) is 20.0 Å². The van der Waals surface area contributed by atoms with Crippen LogP contribution in [0.5, 0.6) is 11.5 Å². The standard InChI is InChI=1S/C20H23N3O3/c1-4-23(12-14-8-6-5-7-9-14)13-19-21-16-11-18(26-3)17(25-2)10-15(16)20(24)22-19/h5-11H,4,12-13H2,1-3H3,(H,21,22,24)/p+1. The third kappa shape index (κ3) is 3.86. The van der Waals surface area contributed by atoms with E-state index in [9.17, 15) is 4.79 Å². The highest BCUT2D eigenvalue weighted by Gasteiger charge is 2.14. The quantitative estimate of drug-likeness (QED) is 0.675. The van der Waals surface area contributed by atoms with Crippen LogP contribution in [-0.4, -0.2) is 30.7 Å². The number of aromatic nitrogens is 2. The molecule has 0 amide bonds. The minimum absolute atomic E-state index is 0.166. The maximum absolute atomic E-state index is 12.5. The minimum atomic E-state index is -0.166. The average Bonchev–Trinajstić information content (AvgIpc) is 2.67. The first-order chi connectivity index (χ1) is 12.6.